The molecule has 0 aliphatic carbocycles. The van der Waals surface area contributed by atoms with Gasteiger partial charge in [0.25, 0.3) is 10.0 Å². The number of anilines is 2. The zero-order valence-electron chi connectivity index (χ0n) is 19.2. The summed E-state index contributed by atoms with van der Waals surface area (Å²) in [5.74, 6) is 0.299. The molecular formula is C24H28N2O6S2. The van der Waals surface area contributed by atoms with Crippen LogP contribution in [0.1, 0.15) is 5.56 Å². The predicted molar refractivity (Wildman–Crippen MR) is 133 cm³/mol. The first-order valence-electron chi connectivity index (χ1n) is 10.5. The first-order valence-corrected chi connectivity index (χ1v) is 13.8. The molecule has 0 bridgehead atoms. The summed E-state index contributed by atoms with van der Waals surface area (Å²) in [5.41, 5.74) is 1.56. The van der Waals surface area contributed by atoms with Crippen LogP contribution in [-0.4, -0.2) is 54.5 Å². The Kier molecular flexibility index (Phi) is 7.86. The van der Waals surface area contributed by atoms with E-state index < -0.39 is 32.7 Å². The molecule has 0 amide bonds. The highest BCUT2D eigenvalue weighted by Gasteiger charge is 2.31. The number of aliphatic hydroxyl groups is 1. The molecule has 0 aliphatic heterocycles. The zero-order valence-corrected chi connectivity index (χ0v) is 20.8. The Labute approximate surface area is 201 Å². The van der Waals surface area contributed by atoms with Gasteiger partial charge in [0.15, 0.2) is 0 Å². The largest absolute Gasteiger partial charge is 0.495 e. The fourth-order valence-corrected chi connectivity index (χ4v) is 5.95. The number of methoxy groups -OCH3 is 1. The van der Waals surface area contributed by atoms with E-state index in [9.17, 15) is 21.9 Å². The Bertz CT molecular complexity index is 1310. The number of benzene rings is 3. The fourth-order valence-electron chi connectivity index (χ4n) is 3.47. The number of aliphatic hydroxyl groups excluding tert-OH is 1. The lowest BCUT2D eigenvalue weighted by atomic mass is 10.2. The molecule has 1 N–H and O–H groups in total. The maximum Gasteiger partial charge on any atom is 0.264 e. The van der Waals surface area contributed by atoms with Gasteiger partial charge in [0.1, 0.15) is 5.75 Å². The van der Waals surface area contributed by atoms with Crippen molar-refractivity contribution in [1.29, 1.82) is 0 Å². The van der Waals surface area contributed by atoms with Crippen molar-refractivity contribution in [3.8, 4) is 5.75 Å². The monoisotopic (exact) mass is 504 g/mol. The lowest BCUT2D eigenvalue weighted by Gasteiger charge is -2.30. The van der Waals surface area contributed by atoms with Crippen molar-refractivity contribution in [2.24, 2.45) is 0 Å². The smallest absolute Gasteiger partial charge is 0.264 e. The van der Waals surface area contributed by atoms with Crippen molar-refractivity contribution in [3.05, 3.63) is 84.4 Å². The summed E-state index contributed by atoms with van der Waals surface area (Å²) >= 11 is 0. The Morgan fingerprint density at radius 2 is 1.38 bits per heavy atom. The number of aryl methyl sites for hydroxylation is 1. The van der Waals surface area contributed by atoms with Crippen LogP contribution >= 0.6 is 0 Å². The summed E-state index contributed by atoms with van der Waals surface area (Å²) in [6, 6.07) is 21.2. The molecule has 0 aliphatic rings. The van der Waals surface area contributed by atoms with Crippen LogP contribution in [0.3, 0.4) is 0 Å². The van der Waals surface area contributed by atoms with Gasteiger partial charge in [-0.1, -0.05) is 48.0 Å². The van der Waals surface area contributed by atoms with Crippen molar-refractivity contribution in [3.63, 3.8) is 0 Å². The molecule has 0 spiro atoms. The SMILES string of the molecule is COc1ccccc1N(C[C@H](O)CN(c1ccc(C)cc1)S(C)(=O)=O)S(=O)(=O)c1ccccc1. The van der Waals surface area contributed by atoms with Crippen LogP contribution in [-0.2, 0) is 20.0 Å². The van der Waals surface area contributed by atoms with Crippen LogP contribution in [0.15, 0.2) is 83.8 Å². The van der Waals surface area contributed by atoms with E-state index in [-0.39, 0.29) is 17.1 Å². The molecule has 0 saturated carbocycles. The average Bonchev–Trinajstić information content (AvgIpc) is 2.81. The summed E-state index contributed by atoms with van der Waals surface area (Å²) in [6.07, 6.45) is -0.308. The normalized spacial score (nSPS) is 12.7. The number of sulfonamides is 2. The third-order valence-corrected chi connectivity index (χ3v) is 8.11. The third-order valence-electron chi connectivity index (χ3n) is 5.16. The summed E-state index contributed by atoms with van der Waals surface area (Å²) in [4.78, 5) is 0.0339. The predicted octanol–water partition coefficient (Wildman–Crippen LogP) is 3.03. The van der Waals surface area contributed by atoms with Gasteiger partial charge >= 0.3 is 0 Å². The number of nitrogens with zero attached hydrogens (tertiary/aromatic N) is 2. The lowest BCUT2D eigenvalue weighted by molar-refractivity contribution is 0.193. The average molecular weight is 505 g/mol. The Hall–Kier alpha value is -3.08. The Morgan fingerprint density at radius 3 is 1.97 bits per heavy atom. The van der Waals surface area contributed by atoms with E-state index in [2.05, 4.69) is 0 Å². The highest BCUT2D eigenvalue weighted by molar-refractivity contribution is 7.93. The molecule has 1 atom stereocenters. The van der Waals surface area contributed by atoms with Crippen molar-refractivity contribution in [2.75, 3.05) is 35.1 Å². The van der Waals surface area contributed by atoms with Gasteiger partial charge in [0.2, 0.25) is 10.0 Å². The van der Waals surface area contributed by atoms with E-state index in [1.54, 1.807) is 66.7 Å². The molecule has 0 radical (unpaired) electrons. The maximum absolute atomic E-state index is 13.6. The van der Waals surface area contributed by atoms with Crippen molar-refractivity contribution in [2.45, 2.75) is 17.9 Å². The van der Waals surface area contributed by atoms with Gasteiger partial charge in [-0.2, -0.15) is 0 Å². The summed E-state index contributed by atoms with van der Waals surface area (Å²) in [7, 11) is -6.42. The fraction of sp³-hybridized carbons (Fsp3) is 0.250. The number of hydrogen-bond donors (Lipinski definition) is 1. The first-order chi connectivity index (χ1) is 16.0. The van der Waals surface area contributed by atoms with Gasteiger partial charge in [0, 0.05) is 0 Å². The molecule has 0 aromatic heterocycles. The topological polar surface area (TPSA) is 104 Å². The summed E-state index contributed by atoms with van der Waals surface area (Å²) in [5, 5.41) is 11.0. The van der Waals surface area contributed by atoms with E-state index in [0.717, 1.165) is 20.4 Å². The molecule has 3 rings (SSSR count). The molecule has 8 nitrogen and oxygen atoms in total. The molecule has 0 saturated heterocycles. The molecular weight excluding hydrogens is 476 g/mol. The molecule has 3 aromatic rings. The van der Waals surface area contributed by atoms with Crippen molar-refractivity contribution in [1.82, 2.24) is 0 Å². The third kappa shape index (κ3) is 5.88. The number of para-hydroxylation sites is 2. The highest BCUT2D eigenvalue weighted by Crippen LogP contribution is 2.32. The number of rotatable bonds is 10. The molecule has 0 fully saturated rings. The molecule has 0 unspecified atom stereocenters. The van der Waals surface area contributed by atoms with Crippen LogP contribution < -0.4 is 13.3 Å². The summed E-state index contributed by atoms with van der Waals surface area (Å²) < 4.78 is 59.6. The van der Waals surface area contributed by atoms with Crippen molar-refractivity contribution >= 4 is 31.4 Å². The van der Waals surface area contributed by atoms with Crippen LogP contribution in [0.4, 0.5) is 11.4 Å². The van der Waals surface area contributed by atoms with Crippen molar-refractivity contribution < 1.29 is 26.7 Å². The molecule has 182 valence electrons. The minimum atomic E-state index is -4.10. The van der Waals surface area contributed by atoms with Crippen LogP contribution in [0.5, 0.6) is 5.75 Å². The van der Waals surface area contributed by atoms with Gasteiger partial charge in [-0.3, -0.25) is 8.61 Å². The first kappa shape index (κ1) is 25.5. The van der Waals surface area contributed by atoms with E-state index in [1.807, 2.05) is 6.92 Å². The number of hydrogen-bond acceptors (Lipinski definition) is 6. The van der Waals surface area contributed by atoms with E-state index in [4.69, 9.17) is 4.74 Å². The van der Waals surface area contributed by atoms with Crippen LogP contribution in [0, 0.1) is 6.92 Å². The second-order valence-electron chi connectivity index (χ2n) is 7.80. The Balaban J connectivity index is 1.99. The van der Waals surface area contributed by atoms with Gasteiger partial charge in [-0.15, -0.1) is 0 Å². The maximum atomic E-state index is 13.6. The highest BCUT2D eigenvalue weighted by atomic mass is 32.2. The van der Waals surface area contributed by atoms with E-state index in [1.165, 1.54) is 19.2 Å². The molecule has 10 heteroatoms. The second-order valence-corrected chi connectivity index (χ2v) is 11.6. The van der Waals surface area contributed by atoms with E-state index >= 15 is 0 Å². The second kappa shape index (κ2) is 10.5. The van der Waals surface area contributed by atoms with Gasteiger partial charge < -0.3 is 9.84 Å². The minimum Gasteiger partial charge on any atom is -0.495 e. The van der Waals surface area contributed by atoms with Gasteiger partial charge in [-0.05, 0) is 43.3 Å². The number of ether oxygens (including phenoxy) is 1. The van der Waals surface area contributed by atoms with Crippen LogP contribution in [0.25, 0.3) is 0 Å². The lowest BCUT2D eigenvalue weighted by Crippen LogP contribution is -2.44. The Morgan fingerprint density at radius 1 is 0.824 bits per heavy atom. The van der Waals surface area contributed by atoms with Gasteiger partial charge in [-0.25, -0.2) is 16.8 Å². The summed E-state index contributed by atoms with van der Waals surface area (Å²) in [6.45, 7) is 1.15. The van der Waals surface area contributed by atoms with Crippen LogP contribution in [0.2, 0.25) is 0 Å². The standard InChI is InChI=1S/C24H28N2O6S2/c1-19-13-15-20(16-14-19)25(33(3,28)29)17-21(27)18-26(23-11-7-8-12-24(23)32-2)34(30,31)22-9-5-4-6-10-22/h4-16,21,27H,17-18H2,1-3H3/t21-/m1/s1. The van der Waals surface area contributed by atoms with Gasteiger partial charge in [0.05, 0.1) is 48.8 Å². The molecule has 0 heterocycles. The zero-order chi connectivity index (χ0) is 24.9. The van der Waals surface area contributed by atoms with E-state index in [0.29, 0.717) is 11.4 Å². The minimum absolute atomic E-state index is 0.0339. The molecule has 34 heavy (non-hydrogen) atoms. The molecule has 3 aromatic carbocycles. The quantitative estimate of drug-likeness (QED) is 0.455.